The van der Waals surface area contributed by atoms with Gasteiger partial charge >= 0.3 is 0 Å². The van der Waals surface area contributed by atoms with Crippen molar-refractivity contribution < 1.29 is 19.8 Å². The van der Waals surface area contributed by atoms with Crippen molar-refractivity contribution in [3.8, 4) is 0 Å². The largest absolute Gasteiger partial charge is 0.481 e. The van der Waals surface area contributed by atoms with Gasteiger partial charge in [0.1, 0.15) is 0 Å². The topological polar surface area (TPSA) is 175 Å². The fourth-order valence-corrected chi connectivity index (χ4v) is 1.13. The maximum absolute atomic E-state index is 9.00. The molecule has 0 atom stereocenters. The van der Waals surface area contributed by atoms with E-state index in [4.69, 9.17) is 31.3 Å². The van der Waals surface area contributed by atoms with Crippen molar-refractivity contribution in [1.82, 2.24) is 10.6 Å². The van der Waals surface area contributed by atoms with Crippen molar-refractivity contribution in [2.45, 2.75) is 13.8 Å². The summed E-state index contributed by atoms with van der Waals surface area (Å²) in [6.07, 6.45) is 0. The highest BCUT2D eigenvalue weighted by Crippen LogP contribution is 1.75. The van der Waals surface area contributed by atoms with Crippen LogP contribution in [0.1, 0.15) is 13.8 Å². The fourth-order valence-electron chi connectivity index (χ4n) is 0.926. The minimum Gasteiger partial charge on any atom is -0.481 e. The van der Waals surface area contributed by atoms with E-state index in [9.17, 15) is 0 Å². The summed E-state index contributed by atoms with van der Waals surface area (Å²) in [6.45, 7) is 6.81. The second-order valence-electron chi connectivity index (χ2n) is 4.02. The van der Waals surface area contributed by atoms with E-state index in [-0.39, 0.29) is 0 Å². The Morgan fingerprint density at radius 3 is 1.29 bits per heavy atom. The van der Waals surface area contributed by atoms with Crippen LogP contribution in [-0.4, -0.2) is 71.8 Å². The van der Waals surface area contributed by atoms with Crippen molar-refractivity contribution in [2.24, 2.45) is 21.5 Å². The molecule has 8 N–H and O–H groups in total. The predicted octanol–water partition coefficient (Wildman–Crippen LogP) is -1.16. The lowest BCUT2D eigenvalue weighted by Crippen LogP contribution is -2.30. The summed E-state index contributed by atoms with van der Waals surface area (Å²) in [4.78, 5) is 25.9. The summed E-state index contributed by atoms with van der Waals surface area (Å²) in [7, 11) is 0. The molecule has 0 radical (unpaired) electrons. The van der Waals surface area contributed by atoms with Gasteiger partial charge < -0.3 is 32.3 Å². The Kier molecular flexibility index (Phi) is 24.5. The molecule has 0 aromatic carbocycles. The standard InChI is InChI=1S/C8H20N6S2.2C2H4O2/c9-7(15)13-5-3-11-1-2-12-4-6-14-8(10)16;2*1-2(3)4/h11-12H,1-6H2,(H3,9,13,15)(H3,10,14,16);2*1H3,(H,3,4). The molecule has 0 spiro atoms. The van der Waals surface area contributed by atoms with Crippen LogP contribution in [0.25, 0.3) is 0 Å². The van der Waals surface area contributed by atoms with Gasteiger partial charge in [-0.2, -0.15) is 0 Å². The molecule has 0 saturated carbocycles. The number of hydrogen-bond donors (Lipinski definition) is 8. The molecule has 0 rings (SSSR count). The Bertz CT molecular complexity index is 342. The highest BCUT2D eigenvalue weighted by molar-refractivity contribution is 7.97. The van der Waals surface area contributed by atoms with Crippen LogP contribution < -0.4 is 22.1 Å². The minimum atomic E-state index is -0.833. The number of amidine groups is 2. The quantitative estimate of drug-likeness (QED) is 0.106. The highest BCUT2D eigenvalue weighted by Gasteiger charge is 1.88. The van der Waals surface area contributed by atoms with Gasteiger partial charge in [-0.15, -0.1) is 25.3 Å². The predicted molar refractivity (Wildman–Crippen MR) is 103 cm³/mol. The Balaban J connectivity index is -0.000000457. The van der Waals surface area contributed by atoms with E-state index in [2.05, 4.69) is 45.9 Å². The summed E-state index contributed by atoms with van der Waals surface area (Å²) in [6, 6.07) is 0. The van der Waals surface area contributed by atoms with Gasteiger partial charge in [0, 0.05) is 40.0 Å². The average Bonchev–Trinajstić information content (AvgIpc) is 2.39. The van der Waals surface area contributed by atoms with E-state index in [1.165, 1.54) is 0 Å². The van der Waals surface area contributed by atoms with Gasteiger partial charge in [-0.25, -0.2) is 0 Å². The molecule has 12 heteroatoms. The van der Waals surface area contributed by atoms with Gasteiger partial charge in [0.05, 0.1) is 13.1 Å². The molecule has 142 valence electrons. The normalized spacial score (nSPS) is 10.8. The second kappa shape index (κ2) is 21.5. The van der Waals surface area contributed by atoms with Crippen LogP contribution in [0.3, 0.4) is 0 Å². The maximum atomic E-state index is 9.00. The van der Waals surface area contributed by atoms with Crippen LogP contribution in [-0.2, 0) is 9.59 Å². The van der Waals surface area contributed by atoms with Crippen molar-refractivity contribution in [3.05, 3.63) is 0 Å². The minimum absolute atomic E-state index is 0.321. The van der Waals surface area contributed by atoms with Gasteiger partial charge in [-0.05, 0) is 0 Å². The number of aliphatic carboxylic acids is 2. The first-order valence-electron chi connectivity index (χ1n) is 6.87. The molecule has 0 amide bonds. The third kappa shape index (κ3) is 58.9. The van der Waals surface area contributed by atoms with E-state index in [0.29, 0.717) is 23.4 Å². The average molecular weight is 385 g/mol. The number of aliphatic imine (C=N–C) groups is 2. The highest BCUT2D eigenvalue weighted by atomic mass is 32.1. The molecule has 24 heavy (non-hydrogen) atoms. The zero-order valence-corrected chi connectivity index (χ0v) is 15.7. The molecule has 10 nitrogen and oxygen atoms in total. The molecule has 0 aromatic rings. The summed E-state index contributed by atoms with van der Waals surface area (Å²) in [5, 5.41) is 21.9. The van der Waals surface area contributed by atoms with E-state index in [0.717, 1.165) is 40.0 Å². The number of hydrogen-bond acceptors (Lipinski definition) is 6. The molecule has 0 unspecified atom stereocenters. The molecule has 0 fully saturated rings. The van der Waals surface area contributed by atoms with Gasteiger partial charge in [-0.3, -0.25) is 19.6 Å². The van der Waals surface area contributed by atoms with Gasteiger partial charge in [0.25, 0.3) is 11.9 Å². The zero-order chi connectivity index (χ0) is 19.4. The molecule has 0 aliphatic heterocycles. The van der Waals surface area contributed by atoms with Crippen LogP contribution >= 0.6 is 25.3 Å². The Labute approximate surface area is 153 Å². The van der Waals surface area contributed by atoms with Crippen molar-refractivity contribution in [1.29, 1.82) is 0 Å². The van der Waals surface area contributed by atoms with Crippen LogP contribution in [0.2, 0.25) is 0 Å². The maximum Gasteiger partial charge on any atom is 0.300 e. The summed E-state index contributed by atoms with van der Waals surface area (Å²) >= 11 is 7.71. The van der Waals surface area contributed by atoms with Crippen LogP contribution in [0.15, 0.2) is 9.98 Å². The monoisotopic (exact) mass is 384 g/mol. The smallest absolute Gasteiger partial charge is 0.300 e. The van der Waals surface area contributed by atoms with Gasteiger partial charge in [-0.1, -0.05) is 0 Å². The number of nitrogens with zero attached hydrogens (tertiary/aromatic N) is 2. The molecule has 0 aliphatic rings. The van der Waals surface area contributed by atoms with Crippen LogP contribution in [0.4, 0.5) is 0 Å². The third-order valence-corrected chi connectivity index (χ3v) is 1.89. The number of carbonyl (C=O) groups is 2. The van der Waals surface area contributed by atoms with Crippen molar-refractivity contribution in [2.75, 3.05) is 39.3 Å². The lowest BCUT2D eigenvalue weighted by atomic mass is 10.5. The molecule has 0 bridgehead atoms. The second-order valence-corrected chi connectivity index (χ2v) is 4.93. The van der Waals surface area contributed by atoms with E-state index in [1.807, 2.05) is 0 Å². The lowest BCUT2D eigenvalue weighted by Gasteiger charge is -2.04. The van der Waals surface area contributed by atoms with E-state index >= 15 is 0 Å². The van der Waals surface area contributed by atoms with Crippen molar-refractivity contribution >= 4 is 47.5 Å². The number of nitrogens with one attached hydrogen (secondary N) is 2. The molecule has 0 saturated heterocycles. The molecular weight excluding hydrogens is 356 g/mol. The Morgan fingerprint density at radius 2 is 1.08 bits per heavy atom. The number of thiol groups is 2. The zero-order valence-electron chi connectivity index (χ0n) is 13.9. The lowest BCUT2D eigenvalue weighted by molar-refractivity contribution is -0.135. The molecular formula is C12H28N6O4S2. The fraction of sp³-hybridized carbons (Fsp3) is 0.667. The van der Waals surface area contributed by atoms with Crippen LogP contribution in [0.5, 0.6) is 0 Å². The van der Waals surface area contributed by atoms with Gasteiger partial charge in [0.15, 0.2) is 10.3 Å². The number of rotatable bonds is 9. The first-order valence-corrected chi connectivity index (χ1v) is 7.77. The first-order chi connectivity index (χ1) is 11.1. The van der Waals surface area contributed by atoms with E-state index < -0.39 is 11.9 Å². The summed E-state index contributed by atoms with van der Waals surface area (Å²) in [5.41, 5.74) is 10.5. The SMILES string of the molecule is CC(=O)O.CC(=O)O.NC(S)=NCCNCCNCCN=C(N)S. The summed E-state index contributed by atoms with van der Waals surface area (Å²) in [5.74, 6) is -1.67. The molecule has 0 aliphatic carbocycles. The Morgan fingerprint density at radius 1 is 0.833 bits per heavy atom. The number of nitrogens with two attached hydrogens (primary N) is 2. The Hall–Kier alpha value is -1.50. The summed E-state index contributed by atoms with van der Waals surface area (Å²) < 4.78 is 0. The van der Waals surface area contributed by atoms with E-state index in [1.54, 1.807) is 0 Å². The first kappa shape index (κ1) is 27.4. The third-order valence-electron chi connectivity index (χ3n) is 1.60. The van der Waals surface area contributed by atoms with Crippen molar-refractivity contribution in [3.63, 3.8) is 0 Å². The molecule has 0 heterocycles. The van der Waals surface area contributed by atoms with Gasteiger partial charge in [0.2, 0.25) is 0 Å². The van der Waals surface area contributed by atoms with Crippen LogP contribution in [0, 0.1) is 0 Å². The molecule has 0 aromatic heterocycles. The number of carboxylic acid groups (broad SMARTS) is 2. The number of carboxylic acids is 2.